The number of benzene rings is 4. The summed E-state index contributed by atoms with van der Waals surface area (Å²) in [7, 11) is 1.69. The van der Waals surface area contributed by atoms with Gasteiger partial charge in [0.05, 0.1) is 40.9 Å². The fourth-order valence-corrected chi connectivity index (χ4v) is 14.3. The topological polar surface area (TPSA) is 210 Å². The summed E-state index contributed by atoms with van der Waals surface area (Å²) in [5.41, 5.74) is 6.75. The Morgan fingerprint density at radius 3 is 2.33 bits per heavy atom. The Hall–Kier alpha value is -7.95. The molecule has 7 fully saturated rings. The van der Waals surface area contributed by atoms with Gasteiger partial charge in [0.25, 0.3) is 5.91 Å². The van der Waals surface area contributed by atoms with Crippen molar-refractivity contribution in [3.63, 3.8) is 0 Å². The molecular formula is C66H76FN11O10. The Morgan fingerprint density at radius 2 is 1.61 bits per heavy atom. The highest BCUT2D eigenvalue weighted by molar-refractivity contribution is 6.06. The number of nitrogens with zero attached hydrogens (tertiary/aromatic N) is 10. The maximum Gasteiger partial charge on any atom is 0.410 e. The van der Waals surface area contributed by atoms with Gasteiger partial charge in [0, 0.05) is 106 Å². The molecule has 1 aliphatic carbocycles. The molecule has 0 spiro atoms. The van der Waals surface area contributed by atoms with Crippen molar-refractivity contribution in [1.82, 2.24) is 48.9 Å². The first-order valence-electron chi connectivity index (χ1n) is 31.4. The van der Waals surface area contributed by atoms with E-state index in [4.69, 9.17) is 38.8 Å². The summed E-state index contributed by atoms with van der Waals surface area (Å²) < 4.78 is 53.7. The fraction of sp³-hybridized carbons (Fsp3) is 0.515. The summed E-state index contributed by atoms with van der Waals surface area (Å²) in [6, 6.07) is 16.3. The zero-order valence-corrected chi connectivity index (χ0v) is 50.9. The number of anilines is 1. The number of aryl methyl sites for hydroxylation is 1. The predicted octanol–water partition coefficient (Wildman–Crippen LogP) is 8.98. The molecule has 4 amide bonds. The summed E-state index contributed by atoms with van der Waals surface area (Å²) in [6.07, 6.45) is 8.57. The van der Waals surface area contributed by atoms with Crippen molar-refractivity contribution in [2.24, 2.45) is 7.05 Å². The molecule has 14 rings (SSSR count). The van der Waals surface area contributed by atoms with Crippen molar-refractivity contribution >= 4 is 62.5 Å². The molecule has 2 unspecified atom stereocenters. The number of halogens is 1. The third-order valence-electron chi connectivity index (χ3n) is 18.9. The average Bonchev–Trinajstić information content (AvgIpc) is 1.35. The molecule has 88 heavy (non-hydrogen) atoms. The zero-order valence-electron chi connectivity index (χ0n) is 50.9. The molecular weight excluding hydrogens is 1130 g/mol. The van der Waals surface area contributed by atoms with Crippen molar-refractivity contribution in [3.8, 4) is 22.9 Å². The normalized spacial score (nSPS) is 23.5. The number of carbonyl (C=O) groups is 4. The Balaban J connectivity index is 0.773. The number of ether oxygens (including phenoxy) is 5. The number of fused-ring (bicyclic) bond motifs is 5. The van der Waals surface area contributed by atoms with Crippen LogP contribution >= 0.6 is 0 Å². The van der Waals surface area contributed by atoms with Crippen LogP contribution in [0.2, 0.25) is 0 Å². The molecule has 21 nitrogen and oxygen atoms in total. The van der Waals surface area contributed by atoms with Crippen molar-refractivity contribution < 1.29 is 47.3 Å². The molecule has 4 aromatic carbocycles. The highest BCUT2D eigenvalue weighted by Crippen LogP contribution is 2.54. The number of likely N-dealkylation sites (tertiary alicyclic amines) is 1. The molecule has 2 bridgehead atoms. The van der Waals surface area contributed by atoms with Crippen LogP contribution in [0.5, 0.6) is 11.8 Å². The molecule has 1 saturated carbocycles. The fourth-order valence-electron chi connectivity index (χ4n) is 14.3. The second-order valence-electron chi connectivity index (χ2n) is 26.2. The highest BCUT2D eigenvalue weighted by Gasteiger charge is 2.48. The number of imidazole rings is 1. The quantitative estimate of drug-likeness (QED) is 0.101. The Morgan fingerprint density at radius 1 is 0.807 bits per heavy atom. The number of nitrogens with one attached hydrogen (secondary N) is 1. The van der Waals surface area contributed by atoms with Gasteiger partial charge < -0.3 is 38.4 Å². The lowest BCUT2D eigenvalue weighted by Gasteiger charge is -2.40. The van der Waals surface area contributed by atoms with E-state index in [1.54, 1.807) is 17.7 Å². The van der Waals surface area contributed by atoms with E-state index in [2.05, 4.69) is 28.1 Å². The van der Waals surface area contributed by atoms with Crippen LogP contribution in [0.4, 0.5) is 15.0 Å². The van der Waals surface area contributed by atoms with Crippen molar-refractivity contribution in [2.75, 3.05) is 57.4 Å². The van der Waals surface area contributed by atoms with E-state index in [0.717, 1.165) is 84.4 Å². The van der Waals surface area contributed by atoms with E-state index in [9.17, 15) is 24.0 Å². The van der Waals surface area contributed by atoms with Crippen LogP contribution in [0.15, 0.2) is 65.6 Å². The number of piperazine rings is 2. The predicted molar refractivity (Wildman–Crippen MR) is 326 cm³/mol. The van der Waals surface area contributed by atoms with Gasteiger partial charge in [0.15, 0.2) is 12.0 Å². The van der Waals surface area contributed by atoms with Crippen LogP contribution in [0.25, 0.3) is 44.0 Å². The van der Waals surface area contributed by atoms with Gasteiger partial charge >= 0.3 is 17.8 Å². The van der Waals surface area contributed by atoms with Crippen LogP contribution < -0.4 is 25.4 Å². The van der Waals surface area contributed by atoms with E-state index < -0.39 is 17.6 Å². The van der Waals surface area contributed by atoms with Gasteiger partial charge in [-0.15, -0.1) is 0 Å². The van der Waals surface area contributed by atoms with Crippen molar-refractivity contribution in [2.45, 2.75) is 160 Å². The first kappa shape index (κ1) is 57.8. The number of imide groups is 1. The maximum absolute atomic E-state index is 16.9. The van der Waals surface area contributed by atoms with Gasteiger partial charge in [-0.2, -0.15) is 15.1 Å². The molecule has 22 heteroatoms. The van der Waals surface area contributed by atoms with Crippen LogP contribution in [0.3, 0.4) is 0 Å². The Labute approximate surface area is 509 Å². The van der Waals surface area contributed by atoms with E-state index in [-0.39, 0.29) is 97.9 Å². The van der Waals surface area contributed by atoms with Crippen LogP contribution in [0.1, 0.15) is 143 Å². The van der Waals surface area contributed by atoms with E-state index in [1.165, 1.54) is 4.57 Å². The first-order chi connectivity index (χ1) is 42.4. The monoisotopic (exact) mass is 1200 g/mol. The Kier molecular flexibility index (Phi) is 15.0. The summed E-state index contributed by atoms with van der Waals surface area (Å²) in [6.45, 7) is 14.5. The van der Waals surface area contributed by atoms with Gasteiger partial charge in [-0.3, -0.25) is 33.7 Å². The number of piperidine rings is 1. The molecule has 0 radical (unpaired) electrons. The standard InChI is InChI=1S/C66H76FN11O10/c1-37-31-73(32-40-14-19-50-53(26-40)72(6)64(82)77(50)51-20-21-54(79)69-61(51)80)22-23-74(37)62(81)42-15-12-39(13-16-42)35-86-59-57(56-38(2)49(67)29-52-48(56)30-68-78(52)55-11-7-8-24-85-55)46(41-17-18-41)28-47-58(59)70-63(87-36-45-10-9-25-84-45)71-60(47)75-33-44-27-43(75)34-76(44)65(83)88-66(3,4)5/h12-16,19,26,28-30,37,41,43-45,51,55H,7-11,17-18,20-25,27,31-36H2,1-6H3,(H,69,79,80)/t37-,43-,44-,45+,51?,55?/m0/s1. The van der Waals surface area contributed by atoms with Gasteiger partial charge in [-0.05, 0) is 151 Å². The number of rotatable bonds is 14. The summed E-state index contributed by atoms with van der Waals surface area (Å²) in [4.78, 5) is 85.0. The SMILES string of the molecule is Cc1c(F)cc2c(cnn2C2CCCCO2)c1-c1c(C2CC2)cc2c(N3C[C@@H]4C[C@H]3CN4C(=O)OC(C)(C)C)nc(OC[C@H]3CCCO3)nc2c1OCc1ccc(C(=O)N2CCN(Cc3ccc4c(c3)n(C)c(=O)n4C3CCC(=O)NC3=O)C[C@@H]2C)cc1. The number of amides is 4. The summed E-state index contributed by atoms with van der Waals surface area (Å²) in [5.74, 6) is 0.0222. The minimum Gasteiger partial charge on any atom is -0.486 e. The van der Waals surface area contributed by atoms with E-state index in [1.807, 2.05) is 90.8 Å². The summed E-state index contributed by atoms with van der Waals surface area (Å²) in [5, 5.41) is 8.81. The van der Waals surface area contributed by atoms with Gasteiger partial charge in [0.1, 0.15) is 42.0 Å². The lowest BCUT2D eigenvalue weighted by atomic mass is 9.88. The third kappa shape index (κ3) is 10.8. The minimum atomic E-state index is -0.760. The van der Waals surface area contributed by atoms with Crippen molar-refractivity contribution in [3.05, 3.63) is 105 Å². The van der Waals surface area contributed by atoms with Gasteiger partial charge in [-0.1, -0.05) is 18.2 Å². The molecule has 3 aromatic heterocycles. The molecule has 7 aromatic rings. The molecule has 462 valence electrons. The second kappa shape index (κ2) is 22.9. The van der Waals surface area contributed by atoms with E-state index >= 15 is 4.39 Å². The minimum absolute atomic E-state index is 0.0592. The molecule has 9 heterocycles. The lowest BCUT2D eigenvalue weighted by molar-refractivity contribution is -0.135. The number of hydrogen-bond acceptors (Lipinski definition) is 15. The first-order valence-corrected chi connectivity index (χ1v) is 31.4. The largest absolute Gasteiger partial charge is 0.486 e. The third-order valence-corrected chi connectivity index (χ3v) is 18.9. The maximum atomic E-state index is 16.9. The van der Waals surface area contributed by atoms with Crippen molar-refractivity contribution in [1.29, 1.82) is 0 Å². The molecule has 6 aliphatic heterocycles. The summed E-state index contributed by atoms with van der Waals surface area (Å²) >= 11 is 0. The van der Waals surface area contributed by atoms with Crippen LogP contribution in [-0.4, -0.2) is 150 Å². The second-order valence-corrected chi connectivity index (χ2v) is 26.2. The number of hydrogen-bond donors (Lipinski definition) is 1. The molecule has 7 aliphatic rings. The van der Waals surface area contributed by atoms with Gasteiger partial charge in [0.2, 0.25) is 11.8 Å². The number of aromatic nitrogens is 6. The highest BCUT2D eigenvalue weighted by atomic mass is 19.1. The lowest BCUT2D eigenvalue weighted by Crippen LogP contribution is -2.53. The Bertz CT molecular complexity index is 3990. The molecule has 1 N–H and O–H groups in total. The molecule has 6 saturated heterocycles. The van der Waals surface area contributed by atoms with Crippen LogP contribution in [-0.2, 0) is 44.0 Å². The van der Waals surface area contributed by atoms with E-state index in [0.29, 0.717) is 103 Å². The number of carbonyl (C=O) groups excluding carboxylic acids is 4. The average molecular weight is 1200 g/mol. The molecule has 6 atom stereocenters. The smallest absolute Gasteiger partial charge is 0.410 e. The van der Waals surface area contributed by atoms with Crippen LogP contribution in [0, 0.1) is 12.7 Å². The van der Waals surface area contributed by atoms with Gasteiger partial charge in [-0.25, -0.2) is 18.7 Å². The zero-order chi connectivity index (χ0) is 60.9.